The molecule has 11 rings (SSSR count). The van der Waals surface area contributed by atoms with Gasteiger partial charge in [-0.15, -0.1) is 0 Å². The lowest BCUT2D eigenvalue weighted by atomic mass is 10.1. The molecule has 238 valence electrons. The van der Waals surface area contributed by atoms with Crippen LogP contribution in [0.5, 0.6) is 0 Å². The van der Waals surface area contributed by atoms with E-state index in [1.165, 1.54) is 26.9 Å². The average molecular weight is 652 g/mol. The van der Waals surface area contributed by atoms with Gasteiger partial charge in [-0.3, -0.25) is 4.57 Å². The van der Waals surface area contributed by atoms with Crippen LogP contribution in [0.25, 0.3) is 94.0 Å². The van der Waals surface area contributed by atoms with Gasteiger partial charge < -0.3 is 9.13 Å². The fraction of sp³-hybridized carbons (Fsp3) is 0. The van der Waals surface area contributed by atoms with E-state index in [0.717, 1.165) is 61.1 Å². The highest BCUT2D eigenvalue weighted by Crippen LogP contribution is 2.43. The van der Waals surface area contributed by atoms with E-state index in [1.807, 2.05) is 6.07 Å². The minimum Gasteiger partial charge on any atom is -0.316 e. The predicted molar refractivity (Wildman–Crippen MR) is 210 cm³/mol. The molecule has 0 fully saturated rings. The van der Waals surface area contributed by atoms with E-state index in [4.69, 9.17) is 9.97 Å². The van der Waals surface area contributed by atoms with E-state index in [9.17, 15) is 0 Å². The lowest BCUT2D eigenvalue weighted by molar-refractivity contribution is 1.02. The molecule has 7 aromatic carbocycles. The van der Waals surface area contributed by atoms with E-state index >= 15 is 0 Å². The zero-order chi connectivity index (χ0) is 33.5. The van der Waals surface area contributed by atoms with Crippen molar-refractivity contribution in [1.82, 2.24) is 23.7 Å². The Morgan fingerprint density at radius 3 is 1.90 bits per heavy atom. The van der Waals surface area contributed by atoms with Crippen LogP contribution in [-0.4, -0.2) is 23.7 Å². The van der Waals surface area contributed by atoms with Gasteiger partial charge in [0.15, 0.2) is 0 Å². The monoisotopic (exact) mass is 651 g/mol. The van der Waals surface area contributed by atoms with Gasteiger partial charge in [-0.2, -0.15) is 0 Å². The number of hydrogen-bond donors (Lipinski definition) is 0. The minimum atomic E-state index is 0.656. The zero-order valence-electron chi connectivity index (χ0n) is 27.5. The number of nitrogens with zero attached hydrogens (tertiary/aromatic N) is 5. The molecule has 0 bridgehead atoms. The summed E-state index contributed by atoms with van der Waals surface area (Å²) in [6, 6.07) is 60.1. The third kappa shape index (κ3) is 4.09. The van der Waals surface area contributed by atoms with E-state index in [2.05, 4.69) is 184 Å². The lowest BCUT2D eigenvalue weighted by Crippen LogP contribution is -2.03. The van der Waals surface area contributed by atoms with Gasteiger partial charge >= 0.3 is 0 Å². The van der Waals surface area contributed by atoms with Gasteiger partial charge in [0.1, 0.15) is 0 Å². The molecule has 0 amide bonds. The van der Waals surface area contributed by atoms with Gasteiger partial charge in [-0.05, 0) is 60.7 Å². The Morgan fingerprint density at radius 1 is 0.412 bits per heavy atom. The summed E-state index contributed by atoms with van der Waals surface area (Å²) < 4.78 is 6.98. The van der Waals surface area contributed by atoms with Crippen molar-refractivity contribution in [1.29, 1.82) is 0 Å². The molecule has 51 heavy (non-hydrogen) atoms. The molecule has 0 spiro atoms. The number of para-hydroxylation sites is 4. The minimum absolute atomic E-state index is 0.656. The van der Waals surface area contributed by atoms with Gasteiger partial charge in [-0.25, -0.2) is 9.97 Å². The van der Waals surface area contributed by atoms with Crippen molar-refractivity contribution < 1.29 is 0 Å². The van der Waals surface area contributed by atoms with Crippen molar-refractivity contribution in [2.45, 2.75) is 0 Å². The molecular weight excluding hydrogens is 623 g/mol. The first kappa shape index (κ1) is 27.9. The van der Waals surface area contributed by atoms with Gasteiger partial charge in [0.25, 0.3) is 0 Å². The quantitative estimate of drug-likeness (QED) is 0.190. The molecule has 0 unspecified atom stereocenters. The van der Waals surface area contributed by atoms with Gasteiger partial charge in [-0.1, -0.05) is 109 Å². The first-order valence-electron chi connectivity index (χ1n) is 17.3. The van der Waals surface area contributed by atoms with Crippen LogP contribution in [0.15, 0.2) is 176 Å². The molecule has 0 radical (unpaired) electrons. The van der Waals surface area contributed by atoms with Gasteiger partial charge in [0.05, 0.1) is 38.8 Å². The fourth-order valence-electron chi connectivity index (χ4n) is 8.04. The second-order valence-electron chi connectivity index (χ2n) is 13.1. The van der Waals surface area contributed by atoms with E-state index in [-0.39, 0.29) is 0 Å². The molecule has 0 atom stereocenters. The maximum Gasteiger partial charge on any atom is 0.235 e. The summed E-state index contributed by atoms with van der Waals surface area (Å²) in [4.78, 5) is 10.7. The van der Waals surface area contributed by atoms with E-state index in [1.54, 1.807) is 0 Å². The molecular formula is C46H29N5. The number of hydrogen-bond acceptors (Lipinski definition) is 2. The van der Waals surface area contributed by atoms with Gasteiger partial charge in [0.2, 0.25) is 5.95 Å². The Balaban J connectivity index is 1.32. The van der Waals surface area contributed by atoms with E-state index < -0.39 is 0 Å². The van der Waals surface area contributed by atoms with Crippen LogP contribution >= 0.6 is 0 Å². The van der Waals surface area contributed by atoms with Crippen molar-refractivity contribution in [2.24, 2.45) is 0 Å². The first-order valence-corrected chi connectivity index (χ1v) is 17.3. The van der Waals surface area contributed by atoms with Crippen LogP contribution in [0, 0.1) is 0 Å². The predicted octanol–water partition coefficient (Wildman–Crippen LogP) is 11.4. The standard InChI is InChI=1S/C46H29N5/c1-4-14-30(15-5-1)44-36-21-10-12-22-38(36)47-46(48-44)51-39-23-13-11-20-34(39)35-24-25-40-43(45(35)51)37-28-31-26-27-49(32-16-6-2-7-17-32)41(31)29-42(37)50(40)33-18-8-3-9-19-33/h1-29H. The second kappa shape index (κ2) is 10.8. The molecule has 4 aromatic heterocycles. The Hall–Kier alpha value is -6.98. The van der Waals surface area contributed by atoms with Crippen LogP contribution in [0.4, 0.5) is 0 Å². The molecule has 0 aliphatic carbocycles. The maximum atomic E-state index is 5.39. The van der Waals surface area contributed by atoms with Crippen LogP contribution < -0.4 is 0 Å². The molecule has 5 heteroatoms. The normalized spacial score (nSPS) is 11.9. The summed E-state index contributed by atoms with van der Waals surface area (Å²) in [5.41, 5.74) is 10.8. The third-order valence-electron chi connectivity index (χ3n) is 10.3. The van der Waals surface area contributed by atoms with E-state index in [0.29, 0.717) is 5.95 Å². The topological polar surface area (TPSA) is 40.6 Å². The van der Waals surface area contributed by atoms with Crippen molar-refractivity contribution >= 4 is 65.4 Å². The molecule has 11 aromatic rings. The molecule has 0 saturated carbocycles. The van der Waals surface area contributed by atoms with Crippen LogP contribution in [0.1, 0.15) is 0 Å². The fourth-order valence-corrected chi connectivity index (χ4v) is 8.04. The maximum absolute atomic E-state index is 5.39. The molecule has 0 aliphatic heterocycles. The summed E-state index contributed by atoms with van der Waals surface area (Å²) in [6.07, 6.45) is 2.18. The smallest absolute Gasteiger partial charge is 0.235 e. The Bertz CT molecular complexity index is 3120. The lowest BCUT2D eigenvalue weighted by Gasteiger charge is -2.12. The van der Waals surface area contributed by atoms with Crippen LogP contribution in [-0.2, 0) is 0 Å². The second-order valence-corrected chi connectivity index (χ2v) is 13.1. The first-order chi connectivity index (χ1) is 25.3. The van der Waals surface area contributed by atoms with Gasteiger partial charge in [0, 0.05) is 55.5 Å². The summed E-state index contributed by atoms with van der Waals surface area (Å²) in [6.45, 7) is 0. The largest absolute Gasteiger partial charge is 0.316 e. The number of aromatic nitrogens is 5. The van der Waals surface area contributed by atoms with Crippen LogP contribution in [0.2, 0.25) is 0 Å². The number of benzene rings is 7. The number of rotatable bonds is 4. The van der Waals surface area contributed by atoms with Crippen molar-refractivity contribution in [3.8, 4) is 28.6 Å². The molecule has 5 nitrogen and oxygen atoms in total. The number of fused-ring (bicyclic) bond motifs is 9. The summed E-state index contributed by atoms with van der Waals surface area (Å²) in [7, 11) is 0. The van der Waals surface area contributed by atoms with Crippen molar-refractivity contribution in [3.63, 3.8) is 0 Å². The molecule has 0 N–H and O–H groups in total. The summed E-state index contributed by atoms with van der Waals surface area (Å²) >= 11 is 0. The molecule has 4 heterocycles. The Kier molecular flexibility index (Phi) is 5.89. The van der Waals surface area contributed by atoms with Crippen molar-refractivity contribution in [3.05, 3.63) is 176 Å². The Morgan fingerprint density at radius 2 is 1.10 bits per heavy atom. The SMILES string of the molecule is c1ccc(-c2nc(-n3c4ccccc4c4ccc5c(c6cc7ccn(-c8ccccc8)c7cc6n5-c5ccccc5)c43)nc3ccccc23)cc1. The van der Waals surface area contributed by atoms with Crippen LogP contribution in [0.3, 0.4) is 0 Å². The van der Waals surface area contributed by atoms with Crippen molar-refractivity contribution in [2.75, 3.05) is 0 Å². The average Bonchev–Trinajstić information content (AvgIpc) is 3.87. The highest BCUT2D eigenvalue weighted by Gasteiger charge is 2.23. The highest BCUT2D eigenvalue weighted by atomic mass is 15.2. The third-order valence-corrected chi connectivity index (χ3v) is 10.3. The molecule has 0 aliphatic rings. The molecule has 0 saturated heterocycles. The highest BCUT2D eigenvalue weighted by molar-refractivity contribution is 6.27. The Labute approximate surface area is 292 Å². The summed E-state index contributed by atoms with van der Waals surface area (Å²) in [5, 5.41) is 6.92. The zero-order valence-corrected chi connectivity index (χ0v) is 27.5. The summed E-state index contributed by atoms with van der Waals surface area (Å²) in [5.74, 6) is 0.656.